The van der Waals surface area contributed by atoms with Gasteiger partial charge in [-0.15, -0.1) is 0 Å². The second kappa shape index (κ2) is 11.0. The van der Waals surface area contributed by atoms with Crippen molar-refractivity contribution in [1.82, 2.24) is 20.7 Å². The summed E-state index contributed by atoms with van der Waals surface area (Å²) in [5, 5.41) is 16.4. The third-order valence-electron chi connectivity index (χ3n) is 5.69. The number of nitrogens with one attached hydrogen (secondary N) is 3. The molecule has 0 spiro atoms. The number of hydrogen-bond acceptors (Lipinski definition) is 8. The molecule has 3 N–H and O–H groups in total. The van der Waals surface area contributed by atoms with E-state index in [1.165, 1.54) is 7.11 Å². The fourth-order valence-corrected chi connectivity index (χ4v) is 3.85. The maximum absolute atomic E-state index is 13.1. The highest BCUT2D eigenvalue weighted by atomic mass is 16.5. The number of fused-ring (bicyclic) bond motifs is 1. The first-order valence-corrected chi connectivity index (χ1v) is 11.2. The van der Waals surface area contributed by atoms with E-state index in [0.29, 0.717) is 42.3 Å². The molecule has 11 heteroatoms. The monoisotopic (exact) mass is 470 g/mol. The van der Waals surface area contributed by atoms with Gasteiger partial charge < -0.3 is 19.7 Å². The predicted molar refractivity (Wildman–Crippen MR) is 123 cm³/mol. The van der Waals surface area contributed by atoms with Gasteiger partial charge >= 0.3 is 6.09 Å². The van der Waals surface area contributed by atoms with Crippen molar-refractivity contribution in [2.75, 3.05) is 38.9 Å². The van der Waals surface area contributed by atoms with Crippen LogP contribution in [0.1, 0.15) is 37.9 Å². The standard InChI is InChI=1S/C21H24N6O5.C2H6/c1-12-8-26(11-23-19(28)14-9-32-10-14)20(29)18-6-17(25-27(12)18)15-4-3-13(7-22)5-16(15)24-21(30)31-2;1-2/h3-6,12,14,17,25H,8-11H2,1-2H3,(H,23,28)(H,24,30);1-2H3. The van der Waals surface area contributed by atoms with Crippen LogP contribution >= 0.6 is 0 Å². The van der Waals surface area contributed by atoms with Crippen LogP contribution in [0.2, 0.25) is 0 Å². The number of amides is 3. The molecule has 2 fully saturated rings. The molecule has 1 aromatic rings. The van der Waals surface area contributed by atoms with Gasteiger partial charge in [0.05, 0.1) is 62.3 Å². The molecule has 0 saturated carbocycles. The molecule has 4 rings (SSSR count). The van der Waals surface area contributed by atoms with Crippen molar-refractivity contribution in [2.24, 2.45) is 5.92 Å². The second-order valence-corrected chi connectivity index (χ2v) is 7.87. The molecule has 2 unspecified atom stereocenters. The largest absolute Gasteiger partial charge is 0.453 e. The van der Waals surface area contributed by atoms with Crippen LogP contribution in [-0.4, -0.2) is 67.4 Å². The summed E-state index contributed by atoms with van der Waals surface area (Å²) in [5.41, 5.74) is 5.23. The SMILES string of the molecule is CC.COC(=O)Nc1cc(C#N)ccc1C1C=C2C(=O)N(CNC(=O)C3COC3)CC(C)N2N1. The van der Waals surface area contributed by atoms with E-state index in [4.69, 9.17) is 4.74 Å². The van der Waals surface area contributed by atoms with Crippen LogP contribution in [0.5, 0.6) is 0 Å². The summed E-state index contributed by atoms with van der Waals surface area (Å²) in [4.78, 5) is 38.5. The Morgan fingerprint density at radius 2 is 2.06 bits per heavy atom. The van der Waals surface area contributed by atoms with Crippen molar-refractivity contribution in [2.45, 2.75) is 32.9 Å². The third kappa shape index (κ3) is 5.13. The van der Waals surface area contributed by atoms with Crippen LogP contribution in [0.4, 0.5) is 10.5 Å². The molecule has 2 saturated heterocycles. The van der Waals surface area contributed by atoms with Gasteiger partial charge in [-0.05, 0) is 30.7 Å². The summed E-state index contributed by atoms with van der Waals surface area (Å²) in [6, 6.07) is 6.52. The van der Waals surface area contributed by atoms with Gasteiger partial charge in [0.1, 0.15) is 5.70 Å². The average Bonchev–Trinajstić information content (AvgIpc) is 3.26. The molecule has 0 bridgehead atoms. The van der Waals surface area contributed by atoms with E-state index in [1.54, 1.807) is 34.2 Å². The van der Waals surface area contributed by atoms with Crippen LogP contribution in [0, 0.1) is 17.2 Å². The van der Waals surface area contributed by atoms with Crippen LogP contribution in [0.25, 0.3) is 0 Å². The molecule has 2 atom stereocenters. The molecule has 1 aromatic carbocycles. The number of hydrogen-bond donors (Lipinski definition) is 3. The number of carbonyl (C=O) groups is 3. The van der Waals surface area contributed by atoms with Crippen molar-refractivity contribution in [3.05, 3.63) is 41.1 Å². The maximum atomic E-state index is 13.1. The Bertz CT molecular complexity index is 1020. The van der Waals surface area contributed by atoms with E-state index in [2.05, 4.69) is 20.8 Å². The fourth-order valence-electron chi connectivity index (χ4n) is 3.85. The van der Waals surface area contributed by atoms with Crippen LogP contribution in [-0.2, 0) is 19.1 Å². The van der Waals surface area contributed by atoms with Crippen molar-refractivity contribution in [3.8, 4) is 6.07 Å². The van der Waals surface area contributed by atoms with Crippen molar-refractivity contribution >= 4 is 23.6 Å². The molecule has 11 nitrogen and oxygen atoms in total. The lowest BCUT2D eigenvalue weighted by Gasteiger charge is -2.40. The molecular formula is C23H30N6O5. The summed E-state index contributed by atoms with van der Waals surface area (Å²) < 4.78 is 9.72. The Morgan fingerprint density at radius 1 is 1.32 bits per heavy atom. The summed E-state index contributed by atoms with van der Waals surface area (Å²) in [6.45, 7) is 7.34. The Balaban J connectivity index is 0.00000158. The van der Waals surface area contributed by atoms with Crippen LogP contribution in [0.3, 0.4) is 0 Å². The molecule has 0 radical (unpaired) electrons. The van der Waals surface area contributed by atoms with Gasteiger partial charge in [-0.3, -0.25) is 19.9 Å². The highest BCUT2D eigenvalue weighted by Crippen LogP contribution is 2.34. The number of hydrazine groups is 1. The number of nitrogens with zero attached hydrogens (tertiary/aromatic N) is 3. The minimum absolute atomic E-state index is 0.0525. The number of ether oxygens (including phenoxy) is 2. The number of methoxy groups -OCH3 is 1. The summed E-state index contributed by atoms with van der Waals surface area (Å²) in [6.07, 6.45) is 1.11. The number of benzene rings is 1. The Kier molecular flexibility index (Phi) is 8.09. The molecule has 3 heterocycles. The average molecular weight is 471 g/mol. The van der Waals surface area contributed by atoms with E-state index in [-0.39, 0.29) is 30.4 Å². The highest BCUT2D eigenvalue weighted by Gasteiger charge is 2.40. The van der Waals surface area contributed by atoms with Gasteiger partial charge in [0, 0.05) is 6.54 Å². The number of nitriles is 1. The highest BCUT2D eigenvalue weighted by molar-refractivity contribution is 5.95. The molecule has 0 aromatic heterocycles. The van der Waals surface area contributed by atoms with Crippen molar-refractivity contribution in [3.63, 3.8) is 0 Å². The lowest BCUT2D eigenvalue weighted by molar-refractivity contribution is -0.141. The van der Waals surface area contributed by atoms with Crippen LogP contribution in [0.15, 0.2) is 30.0 Å². The fraction of sp³-hybridized carbons (Fsp3) is 0.478. The Morgan fingerprint density at radius 3 is 2.68 bits per heavy atom. The van der Waals surface area contributed by atoms with Crippen molar-refractivity contribution in [1.29, 1.82) is 5.26 Å². The zero-order valence-electron chi connectivity index (χ0n) is 19.8. The maximum Gasteiger partial charge on any atom is 0.411 e. The number of rotatable bonds is 5. The van der Waals surface area contributed by atoms with Gasteiger partial charge in [0.2, 0.25) is 5.91 Å². The van der Waals surface area contributed by atoms with Gasteiger partial charge in [0.15, 0.2) is 0 Å². The first-order valence-electron chi connectivity index (χ1n) is 11.2. The van der Waals surface area contributed by atoms with E-state index < -0.39 is 12.1 Å². The molecule has 0 aliphatic carbocycles. The Hall–Kier alpha value is -3.62. The number of carbonyl (C=O) groups excluding carboxylic acids is 3. The van der Waals surface area contributed by atoms with Crippen LogP contribution < -0.4 is 16.1 Å². The van der Waals surface area contributed by atoms with Gasteiger partial charge in [-0.1, -0.05) is 19.9 Å². The molecule has 3 amide bonds. The van der Waals surface area contributed by atoms with E-state index in [1.807, 2.05) is 26.8 Å². The molecule has 3 aliphatic heterocycles. The first-order chi connectivity index (χ1) is 16.4. The first kappa shape index (κ1) is 25.0. The molecular weight excluding hydrogens is 440 g/mol. The third-order valence-corrected chi connectivity index (χ3v) is 5.69. The lowest BCUT2D eigenvalue weighted by atomic mass is 10.0. The topological polar surface area (TPSA) is 136 Å². The van der Waals surface area contributed by atoms with E-state index >= 15 is 0 Å². The van der Waals surface area contributed by atoms with Gasteiger partial charge in [-0.25, -0.2) is 10.2 Å². The zero-order valence-corrected chi connectivity index (χ0v) is 19.8. The second-order valence-electron chi connectivity index (χ2n) is 7.87. The zero-order chi connectivity index (χ0) is 24.8. The summed E-state index contributed by atoms with van der Waals surface area (Å²) in [7, 11) is 1.25. The number of piperazine rings is 1. The normalized spacial score (nSPS) is 21.3. The molecule has 3 aliphatic rings. The Labute approximate surface area is 198 Å². The van der Waals surface area contributed by atoms with Crippen molar-refractivity contribution < 1.29 is 23.9 Å². The van der Waals surface area contributed by atoms with Gasteiger partial charge in [0.25, 0.3) is 5.91 Å². The van der Waals surface area contributed by atoms with E-state index in [9.17, 15) is 19.6 Å². The van der Waals surface area contributed by atoms with Gasteiger partial charge in [-0.2, -0.15) is 5.26 Å². The summed E-state index contributed by atoms with van der Waals surface area (Å²) >= 11 is 0. The minimum Gasteiger partial charge on any atom is -0.453 e. The smallest absolute Gasteiger partial charge is 0.411 e. The molecule has 182 valence electrons. The lowest BCUT2D eigenvalue weighted by Crippen LogP contribution is -2.58. The quantitative estimate of drug-likeness (QED) is 0.588. The predicted octanol–water partition coefficient (Wildman–Crippen LogP) is 1.46. The summed E-state index contributed by atoms with van der Waals surface area (Å²) in [5.74, 6) is -0.483. The number of anilines is 1. The minimum atomic E-state index is -0.659. The molecule has 34 heavy (non-hydrogen) atoms. The van der Waals surface area contributed by atoms with E-state index in [0.717, 1.165) is 0 Å².